The van der Waals surface area contributed by atoms with Gasteiger partial charge in [0.05, 0.1) is 22.1 Å². The summed E-state index contributed by atoms with van der Waals surface area (Å²) in [7, 11) is 0. The summed E-state index contributed by atoms with van der Waals surface area (Å²) < 4.78 is 0. The summed E-state index contributed by atoms with van der Waals surface area (Å²) in [4.78, 5) is 8.67. The Hall–Kier alpha value is -1.96. The van der Waals surface area contributed by atoms with Gasteiger partial charge in [-0.25, -0.2) is 9.97 Å². The number of nitrogens with zero attached hydrogens (tertiary/aromatic N) is 2. The van der Waals surface area contributed by atoms with E-state index in [9.17, 15) is 0 Å². The van der Waals surface area contributed by atoms with Crippen molar-refractivity contribution in [1.82, 2.24) is 9.97 Å². The van der Waals surface area contributed by atoms with Crippen molar-refractivity contribution in [2.24, 2.45) is 0 Å². The van der Waals surface area contributed by atoms with Gasteiger partial charge in [-0.1, -0.05) is 73.4 Å². The fourth-order valence-corrected chi connectivity index (χ4v) is 1.13. The zero-order valence-corrected chi connectivity index (χ0v) is 14.9. The molecule has 0 saturated carbocycles. The van der Waals surface area contributed by atoms with Crippen LogP contribution >= 0.6 is 0 Å². The minimum Gasteiger partial charge on any atom is -0.245 e. The van der Waals surface area contributed by atoms with E-state index in [-0.39, 0.29) is 0 Å². The molecule has 1 aromatic rings. The van der Waals surface area contributed by atoms with Crippen molar-refractivity contribution in [3.8, 4) is 0 Å². The van der Waals surface area contributed by atoms with Crippen LogP contribution in [-0.4, -0.2) is 9.97 Å². The van der Waals surface area contributed by atoms with Crippen LogP contribution in [0.15, 0.2) is 25.3 Å². The third-order valence-corrected chi connectivity index (χ3v) is 1.89. The Balaban J connectivity index is -0.000000478. The van der Waals surface area contributed by atoms with Crippen LogP contribution in [0.1, 0.15) is 59.9 Å². The first kappa shape index (κ1) is 24.1. The summed E-state index contributed by atoms with van der Waals surface area (Å²) in [5.41, 5.74) is 1.45. The largest absolute Gasteiger partial charge is 0.245 e. The molecule has 2 nitrogen and oxygen atoms in total. The molecule has 0 saturated heterocycles. The molecule has 0 aliphatic carbocycles. The lowest BCUT2D eigenvalue weighted by Crippen LogP contribution is -2.31. The fraction of sp³-hybridized carbons (Fsp3) is 0.368. The summed E-state index contributed by atoms with van der Waals surface area (Å²) in [5, 5.41) is 1.40. The lowest BCUT2D eigenvalue weighted by molar-refractivity contribution is 1.07. The van der Waals surface area contributed by atoms with E-state index in [1.165, 1.54) is 0 Å². The molecule has 0 aliphatic rings. The van der Waals surface area contributed by atoms with Gasteiger partial charge in [-0.2, -0.15) is 0 Å². The van der Waals surface area contributed by atoms with Crippen LogP contribution in [0.25, 0.3) is 24.8 Å². The van der Waals surface area contributed by atoms with E-state index in [2.05, 4.69) is 29.7 Å². The predicted octanol–water partition coefficient (Wildman–Crippen LogP) is 4.61. The lowest BCUT2D eigenvalue weighted by atomic mass is 10.3. The monoisotopic (exact) mass is 288 g/mol. The molecule has 0 bridgehead atoms. The highest BCUT2D eigenvalue weighted by molar-refractivity contribution is 5.57. The normalized spacial score (nSPS) is 9.38. The van der Waals surface area contributed by atoms with Gasteiger partial charge in [-0.3, -0.25) is 0 Å². The van der Waals surface area contributed by atoms with Crippen LogP contribution in [0.2, 0.25) is 0 Å². The molecular weight excluding hydrogens is 256 g/mol. The average Bonchev–Trinajstić information content (AvgIpc) is 2.58. The van der Waals surface area contributed by atoms with Gasteiger partial charge in [0.1, 0.15) is 0 Å². The van der Waals surface area contributed by atoms with Gasteiger partial charge in [0.25, 0.3) is 0 Å². The highest BCUT2D eigenvalue weighted by atomic mass is 14.8. The Morgan fingerprint density at radius 2 is 1.24 bits per heavy atom. The van der Waals surface area contributed by atoms with E-state index < -0.39 is 0 Å². The molecule has 0 aliphatic heterocycles. The maximum atomic E-state index is 4.38. The Labute approximate surface area is 131 Å². The molecule has 0 spiro atoms. The van der Waals surface area contributed by atoms with Crippen LogP contribution in [-0.2, 0) is 0 Å². The first-order valence-electron chi connectivity index (χ1n) is 7.67. The Morgan fingerprint density at radius 3 is 1.62 bits per heavy atom. The molecule has 1 rings (SSSR count). The van der Waals surface area contributed by atoms with Gasteiger partial charge in [-0.05, 0) is 25.2 Å². The quantitative estimate of drug-likeness (QED) is 0.812. The van der Waals surface area contributed by atoms with E-state index >= 15 is 0 Å². The van der Waals surface area contributed by atoms with Crippen molar-refractivity contribution < 1.29 is 0 Å². The molecule has 0 N–H and O–H groups in total. The van der Waals surface area contributed by atoms with Crippen LogP contribution < -0.4 is 10.7 Å². The van der Waals surface area contributed by atoms with E-state index in [0.717, 1.165) is 11.0 Å². The molecule has 21 heavy (non-hydrogen) atoms. The molecule has 0 fully saturated rings. The molecule has 0 aromatic carbocycles. The van der Waals surface area contributed by atoms with Gasteiger partial charge < -0.3 is 0 Å². The smallest absolute Gasteiger partial charge is 0.0888 e. The lowest BCUT2D eigenvalue weighted by Gasteiger charge is -1.98. The maximum Gasteiger partial charge on any atom is 0.0888 e. The number of rotatable bonds is 3. The number of aromatic nitrogens is 2. The molecular formula is C19H32N2. The van der Waals surface area contributed by atoms with Crippen LogP contribution in [0.3, 0.4) is 0 Å². The topological polar surface area (TPSA) is 25.8 Å². The Bertz CT molecular complexity index is 511. The third-order valence-electron chi connectivity index (χ3n) is 1.89. The molecule has 0 atom stereocenters. The van der Waals surface area contributed by atoms with Gasteiger partial charge >= 0.3 is 0 Å². The molecule has 0 radical (unpaired) electrons. The van der Waals surface area contributed by atoms with Crippen molar-refractivity contribution >= 4 is 24.8 Å². The molecule has 1 aromatic heterocycles. The summed E-state index contributed by atoms with van der Waals surface area (Å²) in [5.74, 6) is 0. The van der Waals surface area contributed by atoms with Crippen LogP contribution in [0, 0.1) is 0 Å². The van der Waals surface area contributed by atoms with Crippen molar-refractivity contribution in [2.45, 2.75) is 48.5 Å². The highest BCUT2D eigenvalue weighted by Gasteiger charge is 1.98. The second kappa shape index (κ2) is 18.0. The molecule has 0 amide bonds. The maximum absolute atomic E-state index is 4.38. The van der Waals surface area contributed by atoms with E-state index in [4.69, 9.17) is 0 Å². The van der Waals surface area contributed by atoms with E-state index in [0.29, 0.717) is 11.0 Å². The van der Waals surface area contributed by atoms with Crippen LogP contribution in [0.5, 0.6) is 0 Å². The van der Waals surface area contributed by atoms with Crippen LogP contribution in [0.4, 0.5) is 0 Å². The van der Waals surface area contributed by atoms with E-state index in [1.54, 1.807) is 12.2 Å². The van der Waals surface area contributed by atoms with Crippen molar-refractivity contribution in [2.75, 3.05) is 0 Å². The first-order chi connectivity index (χ1) is 10.2. The van der Waals surface area contributed by atoms with Gasteiger partial charge in [0, 0.05) is 0 Å². The number of allylic oxidation sites excluding steroid dienone is 2. The number of hydrogen-bond donors (Lipinski definition) is 0. The summed E-state index contributed by atoms with van der Waals surface area (Å²) in [6.07, 6.45) is 9.01. The summed E-state index contributed by atoms with van der Waals surface area (Å²) >= 11 is 0. The van der Waals surface area contributed by atoms with Gasteiger partial charge in [0.15, 0.2) is 0 Å². The van der Waals surface area contributed by atoms with E-state index in [1.807, 2.05) is 66.7 Å². The Morgan fingerprint density at radius 1 is 0.810 bits per heavy atom. The second-order valence-electron chi connectivity index (χ2n) is 2.93. The van der Waals surface area contributed by atoms with Gasteiger partial charge in [-0.15, -0.1) is 0 Å². The molecule has 1 heterocycles. The fourth-order valence-electron chi connectivity index (χ4n) is 1.13. The number of hydrogen-bond acceptors (Lipinski definition) is 2. The minimum absolute atomic E-state index is 0.647. The zero-order chi connectivity index (χ0) is 17.3. The van der Waals surface area contributed by atoms with Crippen molar-refractivity contribution in [3.63, 3.8) is 0 Å². The second-order valence-corrected chi connectivity index (χ2v) is 2.93. The average molecular weight is 288 g/mol. The minimum atomic E-state index is 0.647. The highest BCUT2D eigenvalue weighted by Crippen LogP contribution is 2.00. The van der Waals surface area contributed by atoms with Crippen molar-refractivity contribution in [1.29, 1.82) is 0 Å². The zero-order valence-electron chi connectivity index (χ0n) is 14.9. The third kappa shape index (κ3) is 9.55. The summed E-state index contributed by atoms with van der Waals surface area (Å²) in [6, 6.07) is 0. The molecule has 2 heteroatoms. The Kier molecular flexibility index (Phi) is 20.7. The standard InChI is InChI=1S/C13H14N2.3C2H6/c1-5-8-9-13-10(4)14-11(6-2)12(7-3)15-13;3*1-2/h5-9H,2-4H2,1H3;3*1-2H3/b8-5-,13-9+;;;. The first-order valence-corrected chi connectivity index (χ1v) is 7.67. The SMILES string of the molecule is C=Cc1nc(=C)/c(=C\C=C/C)nc1C=C.CC.CC.CC. The predicted molar refractivity (Wildman–Crippen MR) is 100 cm³/mol. The molecule has 0 unspecified atom stereocenters. The summed E-state index contributed by atoms with van der Waals surface area (Å²) in [6.45, 7) is 25.1. The molecule has 118 valence electrons. The van der Waals surface area contributed by atoms with Gasteiger partial charge in [0.2, 0.25) is 0 Å². The van der Waals surface area contributed by atoms with Crippen molar-refractivity contribution in [3.05, 3.63) is 47.4 Å².